The summed E-state index contributed by atoms with van der Waals surface area (Å²) in [4.78, 5) is 24.2. The maximum atomic E-state index is 12.4. The Kier molecular flexibility index (Phi) is 6.15. The number of hydrogen-bond acceptors (Lipinski definition) is 6. The van der Waals surface area contributed by atoms with Crippen LogP contribution in [0.15, 0.2) is 48.5 Å². The van der Waals surface area contributed by atoms with Gasteiger partial charge < -0.3 is 10.1 Å². The molecule has 9 heteroatoms. The van der Waals surface area contributed by atoms with E-state index in [1.54, 1.807) is 12.1 Å². The molecule has 8 nitrogen and oxygen atoms in total. The van der Waals surface area contributed by atoms with Crippen LogP contribution in [0.2, 0.25) is 0 Å². The molecule has 0 unspecified atom stereocenters. The number of carbonyl (C=O) groups excluding carboxylic acids is 2. The van der Waals surface area contributed by atoms with Crippen molar-refractivity contribution < 1.29 is 22.7 Å². The van der Waals surface area contributed by atoms with Crippen molar-refractivity contribution in [2.75, 3.05) is 29.5 Å². The van der Waals surface area contributed by atoms with Crippen LogP contribution in [0.5, 0.6) is 0 Å². The van der Waals surface area contributed by atoms with Crippen molar-refractivity contribution in [1.29, 1.82) is 5.26 Å². The lowest BCUT2D eigenvalue weighted by molar-refractivity contribution is -0.114. The first-order chi connectivity index (χ1) is 12.8. The molecule has 0 heterocycles. The van der Waals surface area contributed by atoms with Gasteiger partial charge in [-0.15, -0.1) is 0 Å². The largest absolute Gasteiger partial charge is 0.465 e. The zero-order chi connectivity index (χ0) is 20.0. The van der Waals surface area contributed by atoms with E-state index < -0.39 is 28.4 Å². The van der Waals surface area contributed by atoms with E-state index in [9.17, 15) is 18.0 Å². The van der Waals surface area contributed by atoms with Crippen molar-refractivity contribution in [2.24, 2.45) is 0 Å². The van der Waals surface area contributed by atoms with E-state index in [-0.39, 0.29) is 16.9 Å². The zero-order valence-corrected chi connectivity index (χ0v) is 15.5. The van der Waals surface area contributed by atoms with Crippen molar-refractivity contribution in [3.8, 4) is 6.07 Å². The van der Waals surface area contributed by atoms with Crippen LogP contribution in [0.4, 0.5) is 11.4 Å². The van der Waals surface area contributed by atoms with Crippen molar-refractivity contribution in [1.82, 2.24) is 0 Å². The van der Waals surface area contributed by atoms with Crippen molar-refractivity contribution >= 4 is 33.3 Å². The molecule has 1 N–H and O–H groups in total. The number of nitrogens with zero attached hydrogens (tertiary/aromatic N) is 2. The van der Waals surface area contributed by atoms with Gasteiger partial charge in [0, 0.05) is 0 Å². The predicted octanol–water partition coefficient (Wildman–Crippen LogP) is 1.75. The van der Waals surface area contributed by atoms with Gasteiger partial charge in [0.25, 0.3) is 0 Å². The number of esters is 1. The summed E-state index contributed by atoms with van der Waals surface area (Å²) in [6.45, 7) is -0.500. The molecule has 2 aromatic carbocycles. The molecule has 0 bridgehead atoms. The first kappa shape index (κ1) is 19.9. The second kappa shape index (κ2) is 8.33. The molecule has 1 amide bonds. The molecule has 0 aromatic heterocycles. The highest BCUT2D eigenvalue weighted by Crippen LogP contribution is 2.20. The number of para-hydroxylation sites is 1. The van der Waals surface area contributed by atoms with E-state index in [0.29, 0.717) is 5.56 Å². The van der Waals surface area contributed by atoms with Crippen molar-refractivity contribution in [3.63, 3.8) is 0 Å². The Morgan fingerprint density at radius 2 is 1.78 bits per heavy atom. The minimum atomic E-state index is -3.76. The molecule has 0 fully saturated rings. The molecule has 0 aliphatic rings. The standard InChI is InChI=1S/C18H17N3O5S/c1-26-18(23)15-5-3-4-6-16(15)20-17(22)12-21(27(2,24)25)14-9-7-13(11-19)8-10-14/h3-10H,12H2,1-2H3,(H,20,22). The molecule has 2 aromatic rings. The summed E-state index contributed by atoms with van der Waals surface area (Å²) in [5.74, 6) is -1.26. The maximum absolute atomic E-state index is 12.4. The molecule has 140 valence electrons. The number of methoxy groups -OCH3 is 1. The van der Waals surface area contributed by atoms with Crippen LogP contribution in [-0.2, 0) is 19.6 Å². The number of amides is 1. The molecule has 0 aliphatic carbocycles. The number of hydrogen-bond donors (Lipinski definition) is 1. The van der Waals surface area contributed by atoms with E-state index in [2.05, 4.69) is 10.1 Å². The first-order valence-electron chi connectivity index (χ1n) is 7.71. The minimum absolute atomic E-state index is 0.151. The smallest absolute Gasteiger partial charge is 0.339 e. The normalized spacial score (nSPS) is 10.6. The van der Waals surface area contributed by atoms with Gasteiger partial charge in [-0.25, -0.2) is 13.2 Å². The summed E-state index contributed by atoms with van der Waals surface area (Å²) >= 11 is 0. The Morgan fingerprint density at radius 1 is 1.15 bits per heavy atom. The molecule has 0 aliphatic heterocycles. The van der Waals surface area contributed by atoms with Crippen LogP contribution < -0.4 is 9.62 Å². The molecule has 0 saturated carbocycles. The number of anilines is 2. The highest BCUT2D eigenvalue weighted by Gasteiger charge is 2.22. The predicted molar refractivity (Wildman–Crippen MR) is 99.8 cm³/mol. The number of benzene rings is 2. The zero-order valence-electron chi connectivity index (χ0n) is 14.7. The molecule has 0 atom stereocenters. The van der Waals surface area contributed by atoms with Crippen molar-refractivity contribution in [2.45, 2.75) is 0 Å². The van der Waals surface area contributed by atoms with Crippen LogP contribution in [0, 0.1) is 11.3 Å². The Bertz CT molecular complexity index is 994. The third-order valence-corrected chi connectivity index (χ3v) is 4.72. The minimum Gasteiger partial charge on any atom is -0.465 e. The van der Waals surface area contributed by atoms with Gasteiger partial charge in [0.1, 0.15) is 6.54 Å². The third kappa shape index (κ3) is 5.05. The number of rotatable bonds is 6. The highest BCUT2D eigenvalue weighted by atomic mass is 32.2. The van der Waals surface area contributed by atoms with Crippen LogP contribution in [0.3, 0.4) is 0 Å². The SMILES string of the molecule is COC(=O)c1ccccc1NC(=O)CN(c1ccc(C#N)cc1)S(C)(=O)=O. The summed E-state index contributed by atoms with van der Waals surface area (Å²) in [6.07, 6.45) is 0.973. The maximum Gasteiger partial charge on any atom is 0.339 e. The van der Waals surface area contributed by atoms with E-state index in [4.69, 9.17) is 5.26 Å². The van der Waals surface area contributed by atoms with Gasteiger partial charge in [-0.3, -0.25) is 9.10 Å². The highest BCUT2D eigenvalue weighted by molar-refractivity contribution is 7.92. The number of sulfonamides is 1. The number of nitriles is 1. The van der Waals surface area contributed by atoms with E-state index in [1.165, 1.54) is 43.5 Å². The fraction of sp³-hybridized carbons (Fsp3) is 0.167. The Hall–Kier alpha value is -3.38. The number of carbonyl (C=O) groups is 2. The topological polar surface area (TPSA) is 117 Å². The van der Waals surface area contributed by atoms with E-state index in [1.807, 2.05) is 6.07 Å². The Balaban J connectivity index is 2.25. The van der Waals surface area contributed by atoms with Gasteiger partial charge in [0.05, 0.1) is 41.9 Å². The molecule has 0 saturated heterocycles. The fourth-order valence-corrected chi connectivity index (χ4v) is 3.16. The Morgan fingerprint density at radius 3 is 2.33 bits per heavy atom. The van der Waals surface area contributed by atoms with Crippen LogP contribution >= 0.6 is 0 Å². The summed E-state index contributed by atoms with van der Waals surface area (Å²) < 4.78 is 29.8. The first-order valence-corrected chi connectivity index (χ1v) is 9.56. The fourth-order valence-electron chi connectivity index (χ4n) is 2.30. The quantitative estimate of drug-likeness (QED) is 0.755. The molecule has 0 radical (unpaired) electrons. The van der Waals surface area contributed by atoms with Gasteiger partial charge in [-0.2, -0.15) is 5.26 Å². The van der Waals surface area contributed by atoms with E-state index in [0.717, 1.165) is 10.6 Å². The van der Waals surface area contributed by atoms with Gasteiger partial charge in [-0.1, -0.05) is 12.1 Å². The lowest BCUT2D eigenvalue weighted by Gasteiger charge is -2.22. The average Bonchev–Trinajstić information content (AvgIpc) is 2.65. The van der Waals surface area contributed by atoms with Crippen molar-refractivity contribution in [3.05, 3.63) is 59.7 Å². The molecular weight excluding hydrogens is 370 g/mol. The number of ether oxygens (including phenoxy) is 1. The second-order valence-electron chi connectivity index (χ2n) is 5.51. The lowest BCUT2D eigenvalue weighted by Crippen LogP contribution is -2.37. The third-order valence-electron chi connectivity index (χ3n) is 3.58. The summed E-state index contributed by atoms with van der Waals surface area (Å²) in [5, 5.41) is 11.4. The molecular formula is C18H17N3O5S. The van der Waals surface area contributed by atoms with Gasteiger partial charge >= 0.3 is 5.97 Å². The average molecular weight is 387 g/mol. The molecule has 2 rings (SSSR count). The van der Waals surface area contributed by atoms with Crippen LogP contribution in [-0.4, -0.2) is 40.2 Å². The number of nitrogens with one attached hydrogen (secondary N) is 1. The summed E-state index contributed by atoms with van der Waals surface area (Å²) in [6, 6.07) is 14.0. The summed E-state index contributed by atoms with van der Waals surface area (Å²) in [5.41, 5.74) is 0.969. The second-order valence-corrected chi connectivity index (χ2v) is 7.42. The molecule has 27 heavy (non-hydrogen) atoms. The molecule has 0 spiro atoms. The van der Waals surface area contributed by atoms with E-state index >= 15 is 0 Å². The van der Waals surface area contributed by atoms with Crippen LogP contribution in [0.1, 0.15) is 15.9 Å². The summed E-state index contributed by atoms with van der Waals surface area (Å²) in [7, 11) is -2.54. The van der Waals surface area contributed by atoms with Crippen LogP contribution in [0.25, 0.3) is 0 Å². The monoisotopic (exact) mass is 387 g/mol. The Labute approximate surface area is 157 Å². The van der Waals surface area contributed by atoms with Gasteiger partial charge in [0.15, 0.2) is 0 Å². The lowest BCUT2D eigenvalue weighted by atomic mass is 10.2. The van der Waals surface area contributed by atoms with Gasteiger partial charge in [0.2, 0.25) is 15.9 Å². The van der Waals surface area contributed by atoms with Gasteiger partial charge in [-0.05, 0) is 36.4 Å².